The topological polar surface area (TPSA) is 134 Å². The Balaban J connectivity index is 2.26. The van der Waals surface area contributed by atoms with Crippen molar-refractivity contribution in [3.8, 4) is 0 Å². The van der Waals surface area contributed by atoms with Gasteiger partial charge in [0.15, 0.2) is 0 Å². The Bertz CT molecular complexity index is 958. The van der Waals surface area contributed by atoms with E-state index in [-0.39, 0.29) is 21.7 Å². The van der Waals surface area contributed by atoms with Crippen molar-refractivity contribution >= 4 is 17.0 Å². The number of allylic oxidation sites excluding steroid dienone is 3. The normalized spacial score (nSPS) is 17.6. The molecule has 0 bridgehead atoms. The molecule has 130 valence electrons. The molecule has 2 aromatic rings. The van der Waals surface area contributed by atoms with E-state index < -0.39 is 16.8 Å². The number of nitrogens with zero attached hydrogens (tertiary/aromatic N) is 3. The zero-order valence-corrected chi connectivity index (χ0v) is 13.6. The van der Waals surface area contributed by atoms with Crippen molar-refractivity contribution in [2.45, 2.75) is 19.8 Å². The predicted octanol–water partition coefficient (Wildman–Crippen LogP) is 1.10. The van der Waals surface area contributed by atoms with Crippen molar-refractivity contribution in [2.24, 2.45) is 0 Å². The molecule has 0 saturated heterocycles. The lowest BCUT2D eigenvalue weighted by atomic mass is 9.84. The number of dihydropyridines is 1. The molecule has 1 atom stereocenters. The lowest BCUT2D eigenvalue weighted by Gasteiger charge is -2.25. The van der Waals surface area contributed by atoms with E-state index >= 15 is 0 Å². The summed E-state index contributed by atoms with van der Waals surface area (Å²) < 4.78 is 9.31. The number of benzene rings is 1. The molecule has 1 aliphatic rings. The molecule has 0 saturated carbocycles. The number of aromatic nitrogens is 2. The number of ether oxygens (including phenoxy) is 1. The third kappa shape index (κ3) is 2.57. The standard InChI is InChI=1S/C15H14N4O6/c1-7-12(15(20)24-3)13(14(18(21)22)8(2)16-7)9-4-5-10-11(6-9)19(23)25-17-10/h4-6,13,16H,1-3H3/t13-/m0/s1. The van der Waals surface area contributed by atoms with Gasteiger partial charge in [-0.1, -0.05) is 6.07 Å². The van der Waals surface area contributed by atoms with E-state index in [9.17, 15) is 20.1 Å². The summed E-state index contributed by atoms with van der Waals surface area (Å²) in [5.74, 6) is -1.69. The average Bonchev–Trinajstić information content (AvgIpc) is 2.93. The molecule has 0 radical (unpaired) electrons. The number of carbonyl (C=O) groups excluding carboxylic acids is 1. The second-order valence-corrected chi connectivity index (χ2v) is 5.53. The fourth-order valence-corrected chi connectivity index (χ4v) is 3.00. The fourth-order valence-electron chi connectivity index (χ4n) is 3.00. The zero-order chi connectivity index (χ0) is 18.3. The van der Waals surface area contributed by atoms with Gasteiger partial charge in [-0.25, -0.2) is 4.79 Å². The Morgan fingerprint density at radius 3 is 2.76 bits per heavy atom. The third-order valence-corrected chi connectivity index (χ3v) is 4.07. The Morgan fingerprint density at radius 1 is 1.40 bits per heavy atom. The average molecular weight is 346 g/mol. The molecule has 0 fully saturated rings. The number of rotatable bonds is 3. The van der Waals surface area contributed by atoms with Crippen LogP contribution in [0.25, 0.3) is 11.0 Å². The summed E-state index contributed by atoms with van der Waals surface area (Å²) in [6.45, 7) is 3.18. The summed E-state index contributed by atoms with van der Waals surface area (Å²) in [5.41, 5.74) is 1.45. The maximum atomic E-state index is 12.3. The molecular weight excluding hydrogens is 332 g/mol. The number of hydrogen-bond acceptors (Lipinski definition) is 8. The molecule has 0 amide bonds. The van der Waals surface area contributed by atoms with Crippen LogP contribution in [-0.2, 0) is 9.53 Å². The smallest absolute Gasteiger partial charge is 0.336 e. The summed E-state index contributed by atoms with van der Waals surface area (Å²) in [6.07, 6.45) is 0. The van der Waals surface area contributed by atoms with E-state index in [1.807, 2.05) is 0 Å². The maximum absolute atomic E-state index is 12.3. The lowest BCUT2D eigenvalue weighted by molar-refractivity contribution is -0.782. The number of fused-ring (bicyclic) bond motifs is 1. The minimum atomic E-state index is -0.997. The van der Waals surface area contributed by atoms with E-state index in [0.717, 1.165) is 0 Å². The molecule has 1 N–H and O–H groups in total. The van der Waals surface area contributed by atoms with E-state index in [2.05, 4.69) is 15.1 Å². The van der Waals surface area contributed by atoms with Crippen molar-refractivity contribution in [1.82, 2.24) is 10.5 Å². The quantitative estimate of drug-likeness (QED) is 0.378. The number of hydrogen-bond donors (Lipinski definition) is 1. The van der Waals surface area contributed by atoms with Crippen LogP contribution in [0.5, 0.6) is 0 Å². The monoisotopic (exact) mass is 346 g/mol. The van der Waals surface area contributed by atoms with E-state index in [1.165, 1.54) is 19.2 Å². The molecule has 1 aromatic carbocycles. The Morgan fingerprint density at radius 2 is 2.12 bits per heavy atom. The Hall–Kier alpha value is -3.43. The van der Waals surface area contributed by atoms with Gasteiger partial charge in [0.1, 0.15) is 5.92 Å². The van der Waals surface area contributed by atoms with Crippen molar-refractivity contribution in [3.63, 3.8) is 0 Å². The minimum absolute atomic E-state index is 0.105. The molecule has 10 heteroatoms. The van der Waals surface area contributed by atoms with Crippen molar-refractivity contribution < 1.29 is 24.0 Å². The molecule has 25 heavy (non-hydrogen) atoms. The Labute approximate surface area is 141 Å². The van der Waals surface area contributed by atoms with Gasteiger partial charge in [-0.15, -0.1) is 0 Å². The van der Waals surface area contributed by atoms with Crippen LogP contribution >= 0.6 is 0 Å². The first kappa shape index (κ1) is 16.4. The van der Waals surface area contributed by atoms with Crippen molar-refractivity contribution in [2.75, 3.05) is 7.11 Å². The van der Waals surface area contributed by atoms with Crippen LogP contribution in [0.4, 0.5) is 0 Å². The number of carbonyl (C=O) groups is 1. The molecule has 1 aliphatic heterocycles. The second-order valence-electron chi connectivity index (χ2n) is 5.53. The Kier molecular flexibility index (Phi) is 3.87. The fraction of sp³-hybridized carbons (Fsp3) is 0.267. The summed E-state index contributed by atoms with van der Waals surface area (Å²) in [6, 6.07) is 4.48. The second kappa shape index (κ2) is 5.89. The van der Waals surface area contributed by atoms with Gasteiger partial charge < -0.3 is 15.3 Å². The van der Waals surface area contributed by atoms with Crippen LogP contribution < -0.4 is 10.2 Å². The van der Waals surface area contributed by atoms with Gasteiger partial charge in [0, 0.05) is 10.9 Å². The van der Waals surface area contributed by atoms with E-state index in [1.54, 1.807) is 19.9 Å². The number of esters is 1. The highest BCUT2D eigenvalue weighted by molar-refractivity contribution is 5.92. The first-order valence-corrected chi connectivity index (χ1v) is 7.25. The maximum Gasteiger partial charge on any atom is 0.336 e. The van der Waals surface area contributed by atoms with Gasteiger partial charge in [-0.2, -0.15) is 0 Å². The number of nitro groups is 1. The van der Waals surface area contributed by atoms with Gasteiger partial charge >= 0.3 is 5.97 Å². The van der Waals surface area contributed by atoms with Crippen LogP contribution in [-0.4, -0.2) is 23.2 Å². The lowest BCUT2D eigenvalue weighted by Crippen LogP contribution is -2.31. The summed E-state index contributed by atoms with van der Waals surface area (Å²) >= 11 is 0. The van der Waals surface area contributed by atoms with E-state index in [4.69, 9.17) is 4.74 Å². The number of methoxy groups -OCH3 is 1. The molecule has 0 spiro atoms. The van der Waals surface area contributed by atoms with Crippen LogP contribution in [0, 0.1) is 15.3 Å². The molecular formula is C15H14N4O6. The summed E-state index contributed by atoms with van der Waals surface area (Å²) in [7, 11) is 1.20. The molecule has 10 nitrogen and oxygen atoms in total. The van der Waals surface area contributed by atoms with Crippen LogP contribution in [0.2, 0.25) is 0 Å². The van der Waals surface area contributed by atoms with Gasteiger partial charge in [0.2, 0.25) is 11.0 Å². The SMILES string of the molecule is COC(=O)C1=C(C)NC(C)=C([N+](=O)[O-])[C@H]1c1ccc2no[n+]([O-])c2c1. The molecule has 0 aliphatic carbocycles. The summed E-state index contributed by atoms with van der Waals surface area (Å²) in [5, 5.41) is 29.7. The zero-order valence-electron chi connectivity index (χ0n) is 13.6. The van der Waals surface area contributed by atoms with Gasteiger partial charge in [-0.3, -0.25) is 14.7 Å². The molecule has 2 heterocycles. The largest absolute Gasteiger partial charge is 0.466 e. The van der Waals surface area contributed by atoms with Crippen molar-refractivity contribution in [3.05, 3.63) is 61.7 Å². The summed E-state index contributed by atoms with van der Waals surface area (Å²) in [4.78, 5) is 23.5. The first-order valence-electron chi connectivity index (χ1n) is 7.25. The third-order valence-electron chi connectivity index (χ3n) is 4.07. The van der Waals surface area contributed by atoms with Crippen LogP contribution in [0.3, 0.4) is 0 Å². The van der Waals surface area contributed by atoms with Crippen molar-refractivity contribution in [1.29, 1.82) is 0 Å². The van der Waals surface area contributed by atoms with Gasteiger partial charge in [0.05, 0.1) is 23.3 Å². The number of nitrogens with one attached hydrogen (secondary N) is 1. The van der Waals surface area contributed by atoms with Crippen LogP contribution in [0.1, 0.15) is 25.3 Å². The minimum Gasteiger partial charge on any atom is -0.466 e. The van der Waals surface area contributed by atoms with Crippen LogP contribution in [0.15, 0.2) is 45.5 Å². The highest BCUT2D eigenvalue weighted by Gasteiger charge is 2.41. The predicted molar refractivity (Wildman–Crippen MR) is 83.3 cm³/mol. The van der Waals surface area contributed by atoms with E-state index in [0.29, 0.717) is 22.5 Å². The highest BCUT2D eigenvalue weighted by Crippen LogP contribution is 2.39. The molecule has 1 aromatic heterocycles. The van der Waals surface area contributed by atoms with Gasteiger partial charge in [-0.05, 0) is 36.4 Å². The van der Waals surface area contributed by atoms with Gasteiger partial charge in [0.25, 0.3) is 5.70 Å². The molecule has 3 rings (SSSR count). The first-order chi connectivity index (χ1) is 11.8. The molecule has 0 unspecified atom stereocenters. The highest BCUT2D eigenvalue weighted by atomic mass is 16.8.